The van der Waals surface area contributed by atoms with Crippen molar-refractivity contribution in [3.63, 3.8) is 0 Å². The van der Waals surface area contributed by atoms with Crippen molar-refractivity contribution in [2.45, 2.75) is 25.0 Å². The second kappa shape index (κ2) is 6.09. The third-order valence-corrected chi connectivity index (χ3v) is 4.02. The van der Waals surface area contributed by atoms with Crippen molar-refractivity contribution in [3.8, 4) is 0 Å². The lowest BCUT2D eigenvalue weighted by Gasteiger charge is -2.16. The number of aryl methyl sites for hydroxylation is 1. The van der Waals surface area contributed by atoms with Gasteiger partial charge in [0.25, 0.3) is 0 Å². The average molecular weight is 294 g/mol. The lowest BCUT2D eigenvalue weighted by Crippen LogP contribution is -2.09. The van der Waals surface area contributed by atoms with Gasteiger partial charge in [-0.05, 0) is 31.0 Å². The Labute approximate surface area is 120 Å². The Kier molecular flexibility index (Phi) is 4.44. The summed E-state index contributed by atoms with van der Waals surface area (Å²) in [7, 11) is 0. The van der Waals surface area contributed by atoms with Crippen LogP contribution in [-0.4, -0.2) is 26.4 Å². The Morgan fingerprint density at radius 3 is 2.95 bits per heavy atom. The summed E-state index contributed by atoms with van der Waals surface area (Å²) in [5.74, 6) is -1.18. The number of hydrogen-bond acceptors (Lipinski definition) is 3. The Morgan fingerprint density at radius 1 is 1.55 bits per heavy atom. The lowest BCUT2D eigenvalue weighted by molar-refractivity contribution is -0.133. The molecule has 6 heteroatoms. The maximum Gasteiger partial charge on any atom is 0.313 e. The molecular weight excluding hydrogens is 279 g/mol. The van der Waals surface area contributed by atoms with E-state index in [-0.39, 0.29) is 17.6 Å². The number of aliphatic carboxylic acids is 1. The number of carbonyl (C=O) groups is 1. The molecule has 1 aromatic carbocycles. The number of thioether (sulfide) groups is 1. The average Bonchev–Trinajstić information content (AvgIpc) is 2.87. The number of imidazole rings is 1. The summed E-state index contributed by atoms with van der Waals surface area (Å²) in [5, 5.41) is 9.33. The molecule has 4 nitrogen and oxygen atoms in total. The number of hydrogen-bond donors (Lipinski definition) is 1. The SMILES string of the molecule is Cc1ccc(C(C)n2ccnc2SCC(=O)O)cc1F. The highest BCUT2D eigenvalue weighted by Crippen LogP contribution is 2.25. The predicted molar refractivity (Wildman–Crippen MR) is 75.5 cm³/mol. The molecule has 1 heterocycles. The monoisotopic (exact) mass is 294 g/mol. The fraction of sp³-hybridized carbons (Fsp3) is 0.286. The first-order valence-corrected chi connectivity index (χ1v) is 7.11. The zero-order valence-electron chi connectivity index (χ0n) is 11.2. The minimum absolute atomic E-state index is 0.0496. The molecule has 1 N–H and O–H groups in total. The summed E-state index contributed by atoms with van der Waals surface area (Å²) in [4.78, 5) is 14.8. The summed E-state index contributed by atoms with van der Waals surface area (Å²) < 4.78 is 15.5. The molecule has 0 fully saturated rings. The van der Waals surface area contributed by atoms with Crippen molar-refractivity contribution < 1.29 is 14.3 Å². The van der Waals surface area contributed by atoms with E-state index in [1.165, 1.54) is 6.07 Å². The first kappa shape index (κ1) is 14.6. The van der Waals surface area contributed by atoms with Crippen molar-refractivity contribution in [3.05, 3.63) is 47.5 Å². The van der Waals surface area contributed by atoms with Gasteiger partial charge in [0.2, 0.25) is 0 Å². The summed E-state index contributed by atoms with van der Waals surface area (Å²) >= 11 is 1.15. The van der Waals surface area contributed by atoms with Gasteiger partial charge in [-0.3, -0.25) is 4.79 Å². The first-order chi connectivity index (χ1) is 9.49. The molecule has 0 aliphatic carbocycles. The van der Waals surface area contributed by atoms with Crippen molar-refractivity contribution in [2.75, 3.05) is 5.75 Å². The predicted octanol–water partition coefficient (Wildman–Crippen LogP) is 3.12. The molecule has 0 bridgehead atoms. The molecule has 0 radical (unpaired) electrons. The van der Waals surface area contributed by atoms with Gasteiger partial charge in [-0.25, -0.2) is 9.37 Å². The molecule has 1 aromatic heterocycles. The smallest absolute Gasteiger partial charge is 0.313 e. The minimum atomic E-state index is -0.890. The van der Waals surface area contributed by atoms with Crippen LogP contribution in [-0.2, 0) is 4.79 Å². The summed E-state index contributed by atoms with van der Waals surface area (Å²) in [6, 6.07) is 5.01. The molecule has 0 aliphatic heterocycles. The van der Waals surface area contributed by atoms with Crippen LogP contribution >= 0.6 is 11.8 Å². The van der Waals surface area contributed by atoms with Crippen molar-refractivity contribution >= 4 is 17.7 Å². The highest BCUT2D eigenvalue weighted by molar-refractivity contribution is 7.99. The molecule has 0 amide bonds. The largest absolute Gasteiger partial charge is 0.481 e. The van der Waals surface area contributed by atoms with E-state index in [9.17, 15) is 9.18 Å². The van der Waals surface area contributed by atoms with Gasteiger partial charge in [0.1, 0.15) is 5.82 Å². The van der Waals surface area contributed by atoms with E-state index in [1.807, 2.05) is 17.6 Å². The first-order valence-electron chi connectivity index (χ1n) is 6.12. The van der Waals surface area contributed by atoms with Crippen LogP contribution in [0.15, 0.2) is 35.7 Å². The quantitative estimate of drug-likeness (QED) is 0.861. The van der Waals surface area contributed by atoms with Crippen molar-refractivity contribution in [2.24, 2.45) is 0 Å². The standard InChI is InChI=1S/C14H15FN2O2S/c1-9-3-4-11(7-12(9)15)10(2)17-6-5-16-14(17)20-8-13(18)19/h3-7,10H,8H2,1-2H3,(H,18,19). The van der Waals surface area contributed by atoms with Crippen LogP contribution < -0.4 is 0 Å². The summed E-state index contributed by atoms with van der Waals surface area (Å²) in [6.07, 6.45) is 3.39. The van der Waals surface area contributed by atoms with Crippen LogP contribution in [0.5, 0.6) is 0 Å². The zero-order chi connectivity index (χ0) is 14.7. The molecular formula is C14H15FN2O2S. The molecule has 0 saturated carbocycles. The van der Waals surface area contributed by atoms with Crippen LogP contribution in [0, 0.1) is 12.7 Å². The summed E-state index contributed by atoms with van der Waals surface area (Å²) in [6.45, 7) is 3.64. The van der Waals surface area contributed by atoms with Crippen LogP contribution in [0.25, 0.3) is 0 Å². The normalized spacial score (nSPS) is 12.3. The number of carboxylic acid groups (broad SMARTS) is 1. The van der Waals surface area contributed by atoms with E-state index in [1.54, 1.807) is 25.4 Å². The molecule has 2 aromatic rings. The van der Waals surface area contributed by atoms with Crippen molar-refractivity contribution in [1.29, 1.82) is 0 Å². The molecule has 0 saturated heterocycles. The molecule has 1 unspecified atom stereocenters. The summed E-state index contributed by atoms with van der Waals surface area (Å²) in [5.41, 5.74) is 1.43. The number of rotatable bonds is 5. The minimum Gasteiger partial charge on any atom is -0.481 e. The van der Waals surface area contributed by atoms with Gasteiger partial charge in [0, 0.05) is 12.4 Å². The van der Waals surface area contributed by atoms with Crippen LogP contribution in [0.3, 0.4) is 0 Å². The number of halogens is 1. The molecule has 2 rings (SSSR count). The second-order valence-electron chi connectivity index (χ2n) is 4.48. The topological polar surface area (TPSA) is 55.1 Å². The van der Waals surface area contributed by atoms with Gasteiger partial charge in [-0.1, -0.05) is 23.9 Å². The van der Waals surface area contributed by atoms with E-state index in [0.717, 1.165) is 17.3 Å². The highest BCUT2D eigenvalue weighted by atomic mass is 32.2. The maximum atomic E-state index is 13.6. The fourth-order valence-corrected chi connectivity index (χ4v) is 2.62. The Bertz CT molecular complexity index is 627. The van der Waals surface area contributed by atoms with Crippen molar-refractivity contribution in [1.82, 2.24) is 9.55 Å². The Hall–Kier alpha value is -1.82. The van der Waals surface area contributed by atoms with Crippen LogP contribution in [0.1, 0.15) is 24.1 Å². The number of aromatic nitrogens is 2. The highest BCUT2D eigenvalue weighted by Gasteiger charge is 2.14. The molecule has 0 spiro atoms. The van der Waals surface area contributed by atoms with E-state index in [0.29, 0.717) is 10.7 Å². The van der Waals surface area contributed by atoms with E-state index >= 15 is 0 Å². The van der Waals surface area contributed by atoms with Gasteiger partial charge in [0.05, 0.1) is 11.8 Å². The van der Waals surface area contributed by atoms with Gasteiger partial charge in [-0.2, -0.15) is 0 Å². The van der Waals surface area contributed by atoms with E-state index in [2.05, 4.69) is 4.98 Å². The third kappa shape index (κ3) is 3.19. The second-order valence-corrected chi connectivity index (χ2v) is 5.43. The molecule has 106 valence electrons. The van der Waals surface area contributed by atoms with Crippen LogP contribution in [0.4, 0.5) is 4.39 Å². The number of benzene rings is 1. The van der Waals surface area contributed by atoms with Gasteiger partial charge in [0.15, 0.2) is 5.16 Å². The molecule has 0 aliphatic rings. The van der Waals surface area contributed by atoms with Gasteiger partial charge >= 0.3 is 5.97 Å². The number of nitrogens with zero attached hydrogens (tertiary/aromatic N) is 2. The van der Waals surface area contributed by atoms with E-state index in [4.69, 9.17) is 5.11 Å². The zero-order valence-corrected chi connectivity index (χ0v) is 12.0. The molecule has 1 atom stereocenters. The Morgan fingerprint density at radius 2 is 2.30 bits per heavy atom. The van der Waals surface area contributed by atoms with Crippen LogP contribution in [0.2, 0.25) is 0 Å². The van der Waals surface area contributed by atoms with Gasteiger partial charge < -0.3 is 9.67 Å². The third-order valence-electron chi connectivity index (χ3n) is 3.05. The lowest BCUT2D eigenvalue weighted by atomic mass is 10.1. The molecule has 20 heavy (non-hydrogen) atoms. The van der Waals surface area contributed by atoms with Gasteiger partial charge in [-0.15, -0.1) is 0 Å². The maximum absolute atomic E-state index is 13.6. The fourth-order valence-electron chi connectivity index (χ4n) is 1.86. The number of carboxylic acids is 1. The van der Waals surface area contributed by atoms with E-state index < -0.39 is 5.97 Å². The Balaban J connectivity index is 2.24.